The Hall–Kier alpha value is -1.14. The van der Waals surface area contributed by atoms with Gasteiger partial charge in [0.2, 0.25) is 0 Å². The number of halogens is 1. The van der Waals surface area contributed by atoms with Crippen molar-refractivity contribution in [1.82, 2.24) is 9.88 Å². The van der Waals surface area contributed by atoms with E-state index in [-0.39, 0.29) is 0 Å². The van der Waals surface area contributed by atoms with E-state index in [1.807, 2.05) is 12.3 Å². The van der Waals surface area contributed by atoms with Crippen LogP contribution in [0.15, 0.2) is 48.7 Å². The van der Waals surface area contributed by atoms with Gasteiger partial charge in [-0.25, -0.2) is 4.98 Å². The van der Waals surface area contributed by atoms with Crippen molar-refractivity contribution in [2.45, 2.75) is 6.54 Å². The minimum atomic E-state index is 1.05. The molecule has 1 fully saturated rings. The van der Waals surface area contributed by atoms with Crippen molar-refractivity contribution in [3.05, 3.63) is 57.8 Å². The van der Waals surface area contributed by atoms with Crippen LogP contribution in [0.2, 0.25) is 0 Å². The predicted molar refractivity (Wildman–Crippen MR) is 90.9 cm³/mol. The number of piperazine rings is 1. The molecule has 1 saturated heterocycles. The second-order valence-corrected chi connectivity index (χ2v) is 6.32. The average molecular weight is 379 g/mol. The summed E-state index contributed by atoms with van der Waals surface area (Å²) in [5, 5.41) is 0. The standard InChI is InChI=1S/C16H18IN3/c17-15-6-4-14(5-7-15)13-19-9-11-20(12-10-19)16-3-1-2-8-18-16/h1-8H,9-13H2. The summed E-state index contributed by atoms with van der Waals surface area (Å²) in [5.41, 5.74) is 1.40. The first kappa shape index (κ1) is 13.8. The molecule has 3 nitrogen and oxygen atoms in total. The maximum absolute atomic E-state index is 4.43. The number of aromatic nitrogens is 1. The first-order chi connectivity index (χ1) is 9.81. The smallest absolute Gasteiger partial charge is 0.128 e. The van der Waals surface area contributed by atoms with E-state index in [1.165, 1.54) is 9.13 Å². The van der Waals surface area contributed by atoms with Crippen LogP contribution in [-0.2, 0) is 6.54 Å². The molecule has 20 heavy (non-hydrogen) atoms. The van der Waals surface area contributed by atoms with Gasteiger partial charge in [-0.2, -0.15) is 0 Å². The van der Waals surface area contributed by atoms with Gasteiger partial charge in [0.15, 0.2) is 0 Å². The molecule has 0 spiro atoms. The van der Waals surface area contributed by atoms with Crippen molar-refractivity contribution < 1.29 is 0 Å². The van der Waals surface area contributed by atoms with E-state index in [0.29, 0.717) is 0 Å². The monoisotopic (exact) mass is 379 g/mol. The Kier molecular flexibility index (Phi) is 4.52. The third kappa shape index (κ3) is 3.49. The molecule has 104 valence electrons. The number of benzene rings is 1. The average Bonchev–Trinajstić information content (AvgIpc) is 2.51. The highest BCUT2D eigenvalue weighted by atomic mass is 127. The van der Waals surface area contributed by atoms with Crippen LogP contribution in [0.1, 0.15) is 5.56 Å². The number of anilines is 1. The quantitative estimate of drug-likeness (QED) is 0.765. The van der Waals surface area contributed by atoms with Crippen LogP contribution in [0.25, 0.3) is 0 Å². The summed E-state index contributed by atoms with van der Waals surface area (Å²) >= 11 is 2.35. The van der Waals surface area contributed by atoms with Crippen molar-refractivity contribution in [2.75, 3.05) is 31.1 Å². The molecule has 0 aliphatic carbocycles. The summed E-state index contributed by atoms with van der Waals surface area (Å²) in [6.45, 7) is 5.36. The number of hydrogen-bond donors (Lipinski definition) is 0. The fraction of sp³-hybridized carbons (Fsp3) is 0.312. The van der Waals surface area contributed by atoms with Crippen LogP contribution in [0, 0.1) is 3.57 Å². The van der Waals surface area contributed by atoms with Gasteiger partial charge >= 0.3 is 0 Å². The van der Waals surface area contributed by atoms with Crippen LogP contribution in [0.3, 0.4) is 0 Å². The van der Waals surface area contributed by atoms with Crippen LogP contribution < -0.4 is 4.90 Å². The fourth-order valence-corrected chi connectivity index (χ4v) is 2.88. The number of pyridine rings is 1. The Bertz CT molecular complexity index is 533. The zero-order valence-corrected chi connectivity index (χ0v) is 13.5. The van der Waals surface area contributed by atoms with Gasteiger partial charge < -0.3 is 4.90 Å². The Morgan fingerprint density at radius 2 is 1.70 bits per heavy atom. The van der Waals surface area contributed by atoms with E-state index < -0.39 is 0 Å². The van der Waals surface area contributed by atoms with Gasteiger partial charge in [0.1, 0.15) is 5.82 Å². The van der Waals surface area contributed by atoms with Gasteiger partial charge in [-0.15, -0.1) is 0 Å². The van der Waals surface area contributed by atoms with E-state index in [1.54, 1.807) is 0 Å². The molecule has 3 rings (SSSR count). The number of nitrogens with zero attached hydrogens (tertiary/aromatic N) is 3. The summed E-state index contributed by atoms with van der Waals surface area (Å²) in [6.07, 6.45) is 1.87. The minimum Gasteiger partial charge on any atom is -0.354 e. The highest BCUT2D eigenvalue weighted by Gasteiger charge is 2.17. The van der Waals surface area contributed by atoms with Crippen molar-refractivity contribution in [3.8, 4) is 0 Å². The molecule has 2 heterocycles. The minimum absolute atomic E-state index is 1.05. The molecular formula is C16H18IN3. The SMILES string of the molecule is Ic1ccc(CN2CCN(c3ccccn3)CC2)cc1. The topological polar surface area (TPSA) is 19.4 Å². The summed E-state index contributed by atoms with van der Waals surface area (Å²) in [6, 6.07) is 14.9. The van der Waals surface area contributed by atoms with Crippen LogP contribution in [0.5, 0.6) is 0 Å². The third-order valence-electron chi connectivity index (χ3n) is 3.67. The van der Waals surface area contributed by atoms with E-state index >= 15 is 0 Å². The first-order valence-corrected chi connectivity index (χ1v) is 8.02. The molecule has 0 atom stereocenters. The summed E-state index contributed by atoms with van der Waals surface area (Å²) < 4.78 is 1.30. The zero-order valence-electron chi connectivity index (χ0n) is 11.4. The molecule has 2 aromatic rings. The van der Waals surface area contributed by atoms with Crippen molar-refractivity contribution in [2.24, 2.45) is 0 Å². The predicted octanol–water partition coefficient (Wildman–Crippen LogP) is 3.01. The maximum Gasteiger partial charge on any atom is 0.128 e. The summed E-state index contributed by atoms with van der Waals surface area (Å²) in [4.78, 5) is 9.31. The number of hydrogen-bond acceptors (Lipinski definition) is 3. The van der Waals surface area contributed by atoms with Gasteiger partial charge in [0.25, 0.3) is 0 Å². The fourth-order valence-electron chi connectivity index (χ4n) is 2.52. The van der Waals surface area contributed by atoms with E-state index in [2.05, 4.69) is 73.8 Å². The Balaban J connectivity index is 1.55. The lowest BCUT2D eigenvalue weighted by Crippen LogP contribution is -2.46. The lowest BCUT2D eigenvalue weighted by Gasteiger charge is -2.35. The lowest BCUT2D eigenvalue weighted by molar-refractivity contribution is 0.249. The molecule has 0 N–H and O–H groups in total. The van der Waals surface area contributed by atoms with Crippen LogP contribution in [-0.4, -0.2) is 36.1 Å². The maximum atomic E-state index is 4.43. The Labute approximate surface area is 133 Å². The largest absolute Gasteiger partial charge is 0.354 e. The highest BCUT2D eigenvalue weighted by Crippen LogP contribution is 2.15. The Morgan fingerprint density at radius 1 is 0.950 bits per heavy atom. The summed E-state index contributed by atoms with van der Waals surface area (Å²) in [5.74, 6) is 1.10. The van der Waals surface area contributed by atoms with Gasteiger partial charge in [-0.05, 0) is 52.4 Å². The molecule has 1 aliphatic heterocycles. The van der Waals surface area contributed by atoms with Crippen molar-refractivity contribution >= 4 is 28.4 Å². The molecule has 1 aliphatic rings. The van der Waals surface area contributed by atoms with Crippen molar-refractivity contribution in [3.63, 3.8) is 0 Å². The van der Waals surface area contributed by atoms with Gasteiger partial charge in [0.05, 0.1) is 0 Å². The van der Waals surface area contributed by atoms with E-state index in [9.17, 15) is 0 Å². The molecular weight excluding hydrogens is 361 g/mol. The van der Waals surface area contributed by atoms with Crippen molar-refractivity contribution in [1.29, 1.82) is 0 Å². The molecule has 0 bridgehead atoms. The second kappa shape index (κ2) is 6.54. The molecule has 0 unspecified atom stereocenters. The van der Waals surface area contributed by atoms with Crippen LogP contribution in [0.4, 0.5) is 5.82 Å². The highest BCUT2D eigenvalue weighted by molar-refractivity contribution is 14.1. The molecule has 0 saturated carbocycles. The van der Waals surface area contributed by atoms with Crippen LogP contribution >= 0.6 is 22.6 Å². The lowest BCUT2D eigenvalue weighted by atomic mass is 10.2. The molecule has 0 amide bonds. The Morgan fingerprint density at radius 3 is 2.35 bits per heavy atom. The zero-order chi connectivity index (χ0) is 13.8. The molecule has 4 heteroatoms. The number of rotatable bonds is 3. The van der Waals surface area contributed by atoms with E-state index in [0.717, 1.165) is 38.5 Å². The molecule has 1 aromatic heterocycles. The van der Waals surface area contributed by atoms with Gasteiger partial charge in [-0.1, -0.05) is 18.2 Å². The van der Waals surface area contributed by atoms with E-state index in [4.69, 9.17) is 0 Å². The molecule has 1 aromatic carbocycles. The first-order valence-electron chi connectivity index (χ1n) is 6.94. The third-order valence-corrected chi connectivity index (χ3v) is 4.38. The normalized spacial score (nSPS) is 16.4. The van der Waals surface area contributed by atoms with Gasteiger partial charge in [-0.3, -0.25) is 4.90 Å². The van der Waals surface area contributed by atoms with Gasteiger partial charge in [0, 0.05) is 42.5 Å². The molecule has 0 radical (unpaired) electrons. The second-order valence-electron chi connectivity index (χ2n) is 5.08. The summed E-state index contributed by atoms with van der Waals surface area (Å²) in [7, 11) is 0.